The van der Waals surface area contributed by atoms with Crippen LogP contribution in [0.2, 0.25) is 0 Å². The highest BCUT2D eigenvalue weighted by Gasteiger charge is 2.23. The highest BCUT2D eigenvalue weighted by Crippen LogP contribution is 2.38. The summed E-state index contributed by atoms with van der Waals surface area (Å²) in [6.07, 6.45) is 8.00. The summed E-state index contributed by atoms with van der Waals surface area (Å²) in [5.74, 6) is 1.85. The van der Waals surface area contributed by atoms with Crippen LogP contribution in [0.1, 0.15) is 30.5 Å². The van der Waals surface area contributed by atoms with E-state index in [0.29, 0.717) is 0 Å². The number of hydrogen-bond acceptors (Lipinski definition) is 3. The van der Waals surface area contributed by atoms with Gasteiger partial charge in [0.05, 0.1) is 12.7 Å². The van der Waals surface area contributed by atoms with Crippen LogP contribution in [0, 0.1) is 0 Å². The molecule has 23 heavy (non-hydrogen) atoms. The molecule has 0 saturated carbocycles. The summed E-state index contributed by atoms with van der Waals surface area (Å²) in [5.41, 5.74) is 2.55. The smallest absolute Gasteiger partial charge is 0.132 e. The van der Waals surface area contributed by atoms with Crippen LogP contribution < -0.4 is 9.47 Å². The van der Waals surface area contributed by atoms with Gasteiger partial charge in [-0.15, -0.1) is 0 Å². The van der Waals surface area contributed by atoms with E-state index in [1.54, 1.807) is 19.2 Å². The molecular weight excluding hydrogens is 288 g/mol. The van der Waals surface area contributed by atoms with Crippen molar-refractivity contribution in [1.82, 2.24) is 0 Å². The van der Waals surface area contributed by atoms with Crippen LogP contribution in [0.15, 0.2) is 42.5 Å². The van der Waals surface area contributed by atoms with Crippen LogP contribution >= 0.6 is 0 Å². The standard InChI is InChI=1S/C20H20O3/c1-20(2)10-9-17-18(22-3)12-15(13-19(17)23-20)8-7-14-5-4-6-16(21)11-14/h4-13,21H,1-3H3/b8-7+. The Balaban J connectivity index is 1.97. The third-order valence-corrected chi connectivity index (χ3v) is 3.71. The summed E-state index contributed by atoms with van der Waals surface area (Å²) < 4.78 is 11.5. The van der Waals surface area contributed by atoms with Crippen molar-refractivity contribution in [2.75, 3.05) is 7.11 Å². The molecule has 3 nitrogen and oxygen atoms in total. The molecule has 2 aromatic rings. The lowest BCUT2D eigenvalue weighted by Crippen LogP contribution is -2.27. The lowest BCUT2D eigenvalue weighted by atomic mass is 9.99. The first-order valence-corrected chi connectivity index (χ1v) is 7.54. The largest absolute Gasteiger partial charge is 0.508 e. The van der Waals surface area contributed by atoms with Gasteiger partial charge in [-0.05, 0) is 61.4 Å². The van der Waals surface area contributed by atoms with Gasteiger partial charge >= 0.3 is 0 Å². The number of phenols is 1. The Morgan fingerprint density at radius 3 is 2.61 bits per heavy atom. The highest BCUT2D eigenvalue weighted by molar-refractivity contribution is 5.76. The maximum Gasteiger partial charge on any atom is 0.132 e. The molecule has 0 amide bonds. The minimum absolute atomic E-state index is 0.255. The predicted molar refractivity (Wildman–Crippen MR) is 93.8 cm³/mol. The Hall–Kier alpha value is -2.68. The average molecular weight is 308 g/mol. The van der Waals surface area contributed by atoms with Crippen LogP contribution in [0.3, 0.4) is 0 Å². The quantitative estimate of drug-likeness (QED) is 0.831. The number of hydrogen-bond donors (Lipinski definition) is 1. The number of phenolic OH excluding ortho intramolecular Hbond substituents is 1. The molecular formula is C20H20O3. The van der Waals surface area contributed by atoms with Gasteiger partial charge in [0.15, 0.2) is 0 Å². The van der Waals surface area contributed by atoms with Crippen LogP contribution in [0.25, 0.3) is 18.2 Å². The topological polar surface area (TPSA) is 38.7 Å². The van der Waals surface area contributed by atoms with E-state index in [1.807, 2.05) is 62.4 Å². The predicted octanol–water partition coefficient (Wildman–Crippen LogP) is 4.76. The van der Waals surface area contributed by atoms with Crippen LogP contribution in [0.4, 0.5) is 0 Å². The Labute approximate surface area is 136 Å². The monoisotopic (exact) mass is 308 g/mol. The molecule has 0 aliphatic carbocycles. The Kier molecular flexibility index (Phi) is 3.87. The van der Waals surface area contributed by atoms with Crippen molar-refractivity contribution in [3.8, 4) is 17.2 Å². The van der Waals surface area contributed by atoms with E-state index in [4.69, 9.17) is 9.47 Å². The molecule has 0 atom stereocenters. The third-order valence-electron chi connectivity index (χ3n) is 3.71. The van der Waals surface area contributed by atoms with Gasteiger partial charge in [0.1, 0.15) is 22.8 Å². The Bertz CT molecular complexity index is 785. The molecule has 3 heteroatoms. The number of methoxy groups -OCH3 is 1. The van der Waals surface area contributed by atoms with Crippen LogP contribution in [-0.2, 0) is 0 Å². The molecule has 0 saturated heterocycles. The lowest BCUT2D eigenvalue weighted by Gasteiger charge is -2.28. The van der Waals surface area contributed by atoms with Gasteiger partial charge in [0.2, 0.25) is 0 Å². The molecule has 0 bridgehead atoms. The Morgan fingerprint density at radius 2 is 1.87 bits per heavy atom. The van der Waals surface area contributed by atoms with E-state index < -0.39 is 0 Å². The SMILES string of the molecule is COc1cc(/C=C/c2cccc(O)c2)cc2c1C=CC(C)(C)O2. The summed E-state index contributed by atoms with van der Waals surface area (Å²) in [5, 5.41) is 9.53. The summed E-state index contributed by atoms with van der Waals surface area (Å²) in [6, 6.07) is 11.1. The maximum absolute atomic E-state index is 9.53. The minimum Gasteiger partial charge on any atom is -0.508 e. The zero-order valence-corrected chi connectivity index (χ0v) is 13.5. The first-order valence-electron chi connectivity index (χ1n) is 7.54. The first-order chi connectivity index (χ1) is 11.0. The van der Waals surface area contributed by atoms with E-state index >= 15 is 0 Å². The zero-order chi connectivity index (χ0) is 16.4. The van der Waals surface area contributed by atoms with Crippen LogP contribution in [0.5, 0.6) is 17.2 Å². The van der Waals surface area contributed by atoms with E-state index in [9.17, 15) is 5.11 Å². The first kappa shape index (κ1) is 15.2. The number of rotatable bonds is 3. The number of aromatic hydroxyl groups is 1. The maximum atomic E-state index is 9.53. The van der Waals surface area contributed by atoms with Gasteiger partial charge in [0, 0.05) is 0 Å². The molecule has 0 fully saturated rings. The second-order valence-electron chi connectivity index (χ2n) is 6.10. The zero-order valence-electron chi connectivity index (χ0n) is 13.5. The number of ether oxygens (including phenoxy) is 2. The van der Waals surface area contributed by atoms with E-state index in [-0.39, 0.29) is 11.4 Å². The minimum atomic E-state index is -0.328. The van der Waals surface area contributed by atoms with Crippen molar-refractivity contribution in [3.63, 3.8) is 0 Å². The molecule has 118 valence electrons. The van der Waals surface area contributed by atoms with Crippen molar-refractivity contribution < 1.29 is 14.6 Å². The molecule has 3 rings (SSSR count). The summed E-state index contributed by atoms with van der Waals surface area (Å²) >= 11 is 0. The Morgan fingerprint density at radius 1 is 1.09 bits per heavy atom. The van der Waals surface area contributed by atoms with Crippen molar-refractivity contribution >= 4 is 18.2 Å². The summed E-state index contributed by atoms with van der Waals surface area (Å²) in [6.45, 7) is 4.04. The molecule has 0 aromatic heterocycles. The highest BCUT2D eigenvalue weighted by atomic mass is 16.5. The number of fused-ring (bicyclic) bond motifs is 1. The molecule has 1 aliphatic rings. The van der Waals surface area contributed by atoms with Gasteiger partial charge in [-0.3, -0.25) is 0 Å². The lowest BCUT2D eigenvalue weighted by molar-refractivity contribution is 0.158. The summed E-state index contributed by atoms with van der Waals surface area (Å²) in [4.78, 5) is 0. The molecule has 1 heterocycles. The molecule has 2 aromatic carbocycles. The van der Waals surface area contributed by atoms with Crippen molar-refractivity contribution in [1.29, 1.82) is 0 Å². The normalized spacial score (nSPS) is 15.3. The fourth-order valence-corrected chi connectivity index (χ4v) is 2.56. The van der Waals surface area contributed by atoms with Gasteiger partial charge in [-0.25, -0.2) is 0 Å². The fraction of sp³-hybridized carbons (Fsp3) is 0.200. The fourth-order valence-electron chi connectivity index (χ4n) is 2.56. The van der Waals surface area contributed by atoms with Gasteiger partial charge in [-0.1, -0.05) is 24.3 Å². The molecule has 0 radical (unpaired) electrons. The molecule has 1 aliphatic heterocycles. The molecule has 1 N–H and O–H groups in total. The molecule has 0 unspecified atom stereocenters. The van der Waals surface area contributed by atoms with Crippen LogP contribution in [-0.4, -0.2) is 17.8 Å². The van der Waals surface area contributed by atoms with Gasteiger partial charge < -0.3 is 14.6 Å². The van der Waals surface area contributed by atoms with Crippen molar-refractivity contribution in [3.05, 3.63) is 59.2 Å². The third kappa shape index (κ3) is 3.39. The van der Waals surface area contributed by atoms with Gasteiger partial charge in [0.25, 0.3) is 0 Å². The summed E-state index contributed by atoms with van der Waals surface area (Å²) in [7, 11) is 1.66. The number of benzene rings is 2. The van der Waals surface area contributed by atoms with E-state index in [2.05, 4.69) is 0 Å². The van der Waals surface area contributed by atoms with E-state index in [1.165, 1.54) is 0 Å². The second-order valence-corrected chi connectivity index (χ2v) is 6.10. The molecule has 0 spiro atoms. The second kappa shape index (κ2) is 5.84. The van der Waals surface area contributed by atoms with Crippen molar-refractivity contribution in [2.45, 2.75) is 19.4 Å². The van der Waals surface area contributed by atoms with Gasteiger partial charge in [-0.2, -0.15) is 0 Å². The van der Waals surface area contributed by atoms with E-state index in [0.717, 1.165) is 28.2 Å². The van der Waals surface area contributed by atoms with Crippen molar-refractivity contribution in [2.24, 2.45) is 0 Å². The average Bonchev–Trinajstić information content (AvgIpc) is 2.51.